The Hall–Kier alpha value is -2.42. The third-order valence-electron chi connectivity index (χ3n) is 4.67. The monoisotopic (exact) mass is 418 g/mol. The number of morpholine rings is 1. The average Bonchev–Trinajstić information content (AvgIpc) is 2.75. The first-order chi connectivity index (χ1) is 14.0. The molecular weight excluding hydrogens is 392 g/mol. The quantitative estimate of drug-likeness (QED) is 0.707. The average molecular weight is 419 g/mol. The van der Waals surface area contributed by atoms with E-state index in [1.54, 1.807) is 24.0 Å². The molecule has 29 heavy (non-hydrogen) atoms. The van der Waals surface area contributed by atoms with Crippen LogP contribution in [0.15, 0.2) is 59.5 Å². The van der Waals surface area contributed by atoms with Gasteiger partial charge in [0.2, 0.25) is 10.0 Å². The summed E-state index contributed by atoms with van der Waals surface area (Å²) >= 11 is 0. The maximum Gasteiger partial charge on any atom is 0.263 e. The van der Waals surface area contributed by atoms with Crippen molar-refractivity contribution < 1.29 is 22.7 Å². The molecule has 1 fully saturated rings. The van der Waals surface area contributed by atoms with E-state index >= 15 is 0 Å². The van der Waals surface area contributed by atoms with Gasteiger partial charge >= 0.3 is 0 Å². The van der Waals surface area contributed by atoms with Crippen LogP contribution in [0.5, 0.6) is 5.75 Å². The maximum atomic E-state index is 12.4. The van der Waals surface area contributed by atoms with Crippen molar-refractivity contribution >= 4 is 15.9 Å². The van der Waals surface area contributed by atoms with Crippen molar-refractivity contribution in [2.75, 3.05) is 32.8 Å². The predicted molar refractivity (Wildman–Crippen MR) is 109 cm³/mol. The third kappa shape index (κ3) is 6.03. The Bertz CT molecular complexity index is 894. The number of hydrogen-bond donors (Lipinski definition) is 1. The van der Waals surface area contributed by atoms with Crippen LogP contribution in [0.25, 0.3) is 0 Å². The first kappa shape index (κ1) is 21.3. The molecule has 2 aromatic rings. The van der Waals surface area contributed by atoms with Crippen LogP contribution in [0.2, 0.25) is 0 Å². The number of nitrogens with zero attached hydrogens (tertiary/aromatic N) is 1. The topological polar surface area (TPSA) is 84.9 Å². The molecule has 7 nitrogen and oxygen atoms in total. The van der Waals surface area contributed by atoms with Gasteiger partial charge in [0.05, 0.1) is 18.1 Å². The standard InChI is InChI=1S/C21H26N2O5S/c1-17(21(24)23-13-15-27-16-14-23)28-19-7-9-20(10-8-19)29(25,26)22-12-11-18-5-3-2-4-6-18/h2-10,17,22H,11-16H2,1H3/t17-/m1/s1. The van der Waals surface area contributed by atoms with Crippen LogP contribution in [0.3, 0.4) is 0 Å². The highest BCUT2D eigenvalue weighted by atomic mass is 32.2. The van der Waals surface area contributed by atoms with Gasteiger partial charge in [-0.05, 0) is 43.2 Å². The lowest BCUT2D eigenvalue weighted by atomic mass is 10.2. The smallest absolute Gasteiger partial charge is 0.263 e. The van der Waals surface area contributed by atoms with Crippen LogP contribution < -0.4 is 9.46 Å². The van der Waals surface area contributed by atoms with Crippen molar-refractivity contribution in [2.45, 2.75) is 24.3 Å². The fourth-order valence-corrected chi connectivity index (χ4v) is 4.08. The summed E-state index contributed by atoms with van der Waals surface area (Å²) < 4.78 is 38.4. The van der Waals surface area contributed by atoms with Gasteiger partial charge < -0.3 is 14.4 Å². The van der Waals surface area contributed by atoms with Gasteiger partial charge in [-0.3, -0.25) is 4.79 Å². The molecule has 0 aliphatic carbocycles. The van der Waals surface area contributed by atoms with E-state index in [9.17, 15) is 13.2 Å². The summed E-state index contributed by atoms with van der Waals surface area (Å²) in [5, 5.41) is 0. The van der Waals surface area contributed by atoms with E-state index < -0.39 is 16.1 Å². The summed E-state index contributed by atoms with van der Waals surface area (Å²) in [6, 6.07) is 15.8. The Kier molecular flexibility index (Phi) is 7.24. The molecule has 1 N–H and O–H groups in total. The van der Waals surface area contributed by atoms with E-state index in [0.29, 0.717) is 45.0 Å². The Morgan fingerprint density at radius 3 is 2.41 bits per heavy atom. The second-order valence-corrected chi connectivity index (χ2v) is 8.57. The normalized spacial score (nSPS) is 15.7. The third-order valence-corrected chi connectivity index (χ3v) is 6.14. The number of sulfonamides is 1. The van der Waals surface area contributed by atoms with E-state index in [1.165, 1.54) is 12.1 Å². The molecule has 8 heteroatoms. The lowest BCUT2D eigenvalue weighted by Gasteiger charge is -2.29. The number of benzene rings is 2. The minimum Gasteiger partial charge on any atom is -0.481 e. The molecule has 0 aromatic heterocycles. The number of amides is 1. The number of rotatable bonds is 8. The molecule has 1 aliphatic heterocycles. The lowest BCUT2D eigenvalue weighted by molar-refractivity contribution is -0.142. The molecule has 0 radical (unpaired) electrons. The summed E-state index contributed by atoms with van der Waals surface area (Å²) in [6.07, 6.45) is -0.0397. The first-order valence-corrected chi connectivity index (χ1v) is 11.1. The number of carbonyl (C=O) groups is 1. The van der Waals surface area contributed by atoms with Crippen molar-refractivity contribution in [2.24, 2.45) is 0 Å². The van der Waals surface area contributed by atoms with Crippen molar-refractivity contribution in [3.63, 3.8) is 0 Å². The molecule has 1 saturated heterocycles. The van der Waals surface area contributed by atoms with Gasteiger partial charge in [0.1, 0.15) is 5.75 Å². The van der Waals surface area contributed by atoms with E-state index in [4.69, 9.17) is 9.47 Å². The van der Waals surface area contributed by atoms with Crippen molar-refractivity contribution in [1.82, 2.24) is 9.62 Å². The number of ether oxygens (including phenoxy) is 2. The van der Waals surface area contributed by atoms with Gasteiger partial charge in [-0.2, -0.15) is 0 Å². The molecule has 0 bridgehead atoms. The highest BCUT2D eigenvalue weighted by molar-refractivity contribution is 7.89. The molecule has 0 unspecified atom stereocenters. The van der Waals surface area contributed by atoms with Gasteiger partial charge in [0.25, 0.3) is 5.91 Å². The minimum absolute atomic E-state index is 0.104. The van der Waals surface area contributed by atoms with E-state index in [0.717, 1.165) is 5.56 Å². The van der Waals surface area contributed by atoms with E-state index in [-0.39, 0.29) is 10.8 Å². The largest absolute Gasteiger partial charge is 0.481 e. The summed E-state index contributed by atoms with van der Waals surface area (Å²) in [5.74, 6) is 0.343. The number of hydrogen-bond acceptors (Lipinski definition) is 5. The highest BCUT2D eigenvalue weighted by Crippen LogP contribution is 2.18. The number of carbonyl (C=O) groups excluding carboxylic acids is 1. The van der Waals surface area contributed by atoms with Crippen LogP contribution in [-0.4, -0.2) is 58.2 Å². The van der Waals surface area contributed by atoms with Gasteiger partial charge in [-0.15, -0.1) is 0 Å². The summed E-state index contributed by atoms with van der Waals surface area (Å²) in [7, 11) is -3.60. The minimum atomic E-state index is -3.60. The van der Waals surface area contributed by atoms with Gasteiger partial charge in [-0.25, -0.2) is 13.1 Å². The Morgan fingerprint density at radius 2 is 1.76 bits per heavy atom. The van der Waals surface area contributed by atoms with Crippen LogP contribution in [-0.2, 0) is 26.0 Å². The predicted octanol–water partition coefficient (Wildman–Crippen LogP) is 1.83. The Morgan fingerprint density at radius 1 is 1.10 bits per heavy atom. The van der Waals surface area contributed by atoms with Crippen molar-refractivity contribution in [1.29, 1.82) is 0 Å². The second-order valence-electron chi connectivity index (χ2n) is 6.80. The summed E-state index contributed by atoms with van der Waals surface area (Å²) in [5.41, 5.74) is 1.07. The summed E-state index contributed by atoms with van der Waals surface area (Å²) in [4.78, 5) is 14.3. The molecular formula is C21H26N2O5S. The fraction of sp³-hybridized carbons (Fsp3) is 0.381. The zero-order valence-corrected chi connectivity index (χ0v) is 17.2. The lowest BCUT2D eigenvalue weighted by Crippen LogP contribution is -2.46. The molecule has 2 aromatic carbocycles. The molecule has 0 saturated carbocycles. The zero-order valence-electron chi connectivity index (χ0n) is 16.4. The van der Waals surface area contributed by atoms with Crippen molar-refractivity contribution in [3.05, 3.63) is 60.2 Å². The van der Waals surface area contributed by atoms with Gasteiger partial charge in [0, 0.05) is 19.6 Å². The molecule has 1 atom stereocenters. The molecule has 156 valence electrons. The van der Waals surface area contributed by atoms with E-state index in [2.05, 4.69) is 4.72 Å². The highest BCUT2D eigenvalue weighted by Gasteiger charge is 2.24. The van der Waals surface area contributed by atoms with Crippen LogP contribution in [0, 0.1) is 0 Å². The first-order valence-electron chi connectivity index (χ1n) is 9.62. The second kappa shape index (κ2) is 9.87. The van der Waals surface area contributed by atoms with Crippen LogP contribution in [0.4, 0.5) is 0 Å². The maximum absolute atomic E-state index is 12.4. The number of nitrogens with one attached hydrogen (secondary N) is 1. The van der Waals surface area contributed by atoms with Crippen LogP contribution >= 0.6 is 0 Å². The summed E-state index contributed by atoms with van der Waals surface area (Å²) in [6.45, 7) is 4.17. The molecule has 1 heterocycles. The van der Waals surface area contributed by atoms with Crippen molar-refractivity contribution in [3.8, 4) is 5.75 Å². The fourth-order valence-electron chi connectivity index (χ4n) is 3.05. The molecule has 1 amide bonds. The zero-order chi connectivity index (χ0) is 20.7. The SMILES string of the molecule is C[C@@H](Oc1ccc(S(=O)(=O)NCCc2ccccc2)cc1)C(=O)N1CCOCC1. The molecule has 1 aliphatic rings. The van der Waals surface area contributed by atoms with Crippen LogP contribution in [0.1, 0.15) is 12.5 Å². The Labute approximate surface area is 171 Å². The molecule has 3 rings (SSSR count). The Balaban J connectivity index is 1.53. The van der Waals surface area contributed by atoms with Gasteiger partial charge in [-0.1, -0.05) is 30.3 Å². The van der Waals surface area contributed by atoms with E-state index in [1.807, 2.05) is 30.3 Å². The molecule has 0 spiro atoms. The van der Waals surface area contributed by atoms with Gasteiger partial charge in [0.15, 0.2) is 6.10 Å².